The van der Waals surface area contributed by atoms with E-state index in [1.807, 2.05) is 0 Å². The van der Waals surface area contributed by atoms with Crippen molar-refractivity contribution in [3.8, 4) is 5.75 Å². The summed E-state index contributed by atoms with van der Waals surface area (Å²) in [6.45, 7) is 1.25. The molecule has 13 heteroatoms. The lowest BCUT2D eigenvalue weighted by molar-refractivity contribution is -0.120. The Labute approximate surface area is 180 Å². The quantitative estimate of drug-likeness (QED) is 0.314. The molecule has 0 saturated carbocycles. The zero-order valence-electron chi connectivity index (χ0n) is 17.0. The Morgan fingerprint density at radius 2 is 2.19 bits per heavy atom. The van der Waals surface area contributed by atoms with E-state index in [0.29, 0.717) is 23.4 Å². The van der Waals surface area contributed by atoms with Gasteiger partial charge in [0.2, 0.25) is 10.0 Å². The highest BCUT2D eigenvalue weighted by Gasteiger charge is 2.37. The molecule has 0 unspecified atom stereocenters. The lowest BCUT2D eigenvalue weighted by Gasteiger charge is -2.28. The lowest BCUT2D eigenvalue weighted by atomic mass is 9.64. The largest absolute Gasteiger partial charge is 0.535 e. The minimum atomic E-state index is -3.48. The van der Waals surface area contributed by atoms with E-state index in [1.165, 1.54) is 17.9 Å². The van der Waals surface area contributed by atoms with Crippen molar-refractivity contribution in [3.63, 3.8) is 0 Å². The number of nitrogens with one attached hydrogen (secondary N) is 1. The molecule has 1 aliphatic rings. The van der Waals surface area contributed by atoms with Gasteiger partial charge >= 0.3 is 7.12 Å². The molecule has 166 valence electrons. The van der Waals surface area contributed by atoms with Crippen molar-refractivity contribution >= 4 is 28.7 Å². The van der Waals surface area contributed by atoms with Crippen LogP contribution in [0.1, 0.15) is 35.0 Å². The fraction of sp³-hybridized carbons (Fsp3) is 0.444. The van der Waals surface area contributed by atoms with Gasteiger partial charge in [-0.2, -0.15) is 15.0 Å². The second kappa shape index (κ2) is 9.68. The molecule has 11 nitrogen and oxygen atoms in total. The van der Waals surface area contributed by atoms with Gasteiger partial charge in [-0.25, -0.2) is 13.1 Å². The molecule has 0 spiro atoms. The first-order chi connectivity index (χ1) is 14.7. The maximum Gasteiger partial charge on any atom is 0.526 e. The van der Waals surface area contributed by atoms with Gasteiger partial charge in [0.1, 0.15) is 12.3 Å². The van der Waals surface area contributed by atoms with Crippen LogP contribution in [0.25, 0.3) is 0 Å². The average Bonchev–Trinajstić information content (AvgIpc) is 3.13. The average molecular weight is 449 g/mol. The predicted molar refractivity (Wildman–Crippen MR) is 112 cm³/mol. The molecular formula is C18H24BN5O6S. The molecule has 1 aliphatic heterocycles. The number of hydrogen-bond acceptors (Lipinski definition) is 9. The number of benzene rings is 1. The van der Waals surface area contributed by atoms with Gasteiger partial charge in [0.05, 0.1) is 29.8 Å². The molecule has 0 saturated heterocycles. The summed E-state index contributed by atoms with van der Waals surface area (Å²) in [5.74, 6) is -0.682. The SMILES string of the molecule is CC(=O)c1cccc2c1OB(O)[C@@H](CC(=O)Cn1ncc(CNS(=O)(=O)CCN)n1)C2. The summed E-state index contributed by atoms with van der Waals surface area (Å²) in [5, 5.41) is 18.4. The fourth-order valence-corrected chi connectivity index (χ4v) is 4.17. The van der Waals surface area contributed by atoms with Crippen LogP contribution in [0.3, 0.4) is 0 Å². The van der Waals surface area contributed by atoms with Gasteiger partial charge in [0.25, 0.3) is 0 Å². The molecule has 3 rings (SSSR count). The van der Waals surface area contributed by atoms with Crippen LogP contribution < -0.4 is 15.1 Å². The molecule has 2 aromatic rings. The number of para-hydroxylation sites is 1. The molecule has 4 N–H and O–H groups in total. The molecule has 1 atom stereocenters. The Morgan fingerprint density at radius 3 is 2.90 bits per heavy atom. The van der Waals surface area contributed by atoms with Crippen LogP contribution >= 0.6 is 0 Å². The van der Waals surface area contributed by atoms with E-state index in [9.17, 15) is 23.0 Å². The van der Waals surface area contributed by atoms with Crippen LogP contribution in [-0.2, 0) is 34.3 Å². The second-order valence-electron chi connectivity index (χ2n) is 7.36. The van der Waals surface area contributed by atoms with E-state index < -0.39 is 23.0 Å². The lowest BCUT2D eigenvalue weighted by Crippen LogP contribution is -2.36. The third-order valence-electron chi connectivity index (χ3n) is 4.85. The number of rotatable bonds is 10. The van der Waals surface area contributed by atoms with Gasteiger partial charge in [0, 0.05) is 18.8 Å². The van der Waals surface area contributed by atoms with Crippen LogP contribution in [0.5, 0.6) is 5.75 Å². The number of nitrogens with zero attached hydrogens (tertiary/aromatic N) is 3. The summed E-state index contributed by atoms with van der Waals surface area (Å²) in [6, 6.07) is 5.18. The first kappa shape index (κ1) is 23.1. The predicted octanol–water partition coefficient (Wildman–Crippen LogP) is -0.696. The van der Waals surface area contributed by atoms with E-state index in [1.54, 1.807) is 18.2 Å². The van der Waals surface area contributed by atoms with Crippen molar-refractivity contribution in [1.29, 1.82) is 0 Å². The van der Waals surface area contributed by atoms with E-state index >= 15 is 0 Å². The zero-order valence-corrected chi connectivity index (χ0v) is 17.8. The summed E-state index contributed by atoms with van der Waals surface area (Å²) in [5.41, 5.74) is 6.77. The minimum absolute atomic E-state index is 0.00774. The second-order valence-corrected chi connectivity index (χ2v) is 9.29. The number of carbonyl (C=O) groups excluding carboxylic acids is 2. The van der Waals surface area contributed by atoms with Gasteiger partial charge in [-0.1, -0.05) is 12.1 Å². The van der Waals surface area contributed by atoms with Gasteiger partial charge in [-0.05, 0) is 25.0 Å². The molecule has 1 aromatic heterocycles. The van der Waals surface area contributed by atoms with Gasteiger partial charge in [0.15, 0.2) is 11.6 Å². The molecule has 0 fully saturated rings. The number of hydrogen-bond donors (Lipinski definition) is 3. The number of Topliss-reactive ketones (excluding diaryl/α,β-unsaturated/α-hetero) is 2. The summed E-state index contributed by atoms with van der Waals surface area (Å²) >= 11 is 0. The van der Waals surface area contributed by atoms with Gasteiger partial charge in [-0.3, -0.25) is 9.59 Å². The number of carbonyl (C=O) groups is 2. The number of nitrogens with two attached hydrogens (primary N) is 1. The van der Waals surface area contributed by atoms with Crippen LogP contribution in [0, 0.1) is 0 Å². The van der Waals surface area contributed by atoms with Crippen LogP contribution in [0.2, 0.25) is 5.82 Å². The van der Waals surface area contributed by atoms with Crippen molar-refractivity contribution < 1.29 is 27.7 Å². The molecule has 0 radical (unpaired) electrons. The molecule has 0 amide bonds. The van der Waals surface area contributed by atoms with Crippen LogP contribution in [-0.4, -0.2) is 59.4 Å². The number of aromatic nitrogens is 3. The normalized spacial score (nSPS) is 16.0. The zero-order chi connectivity index (χ0) is 22.6. The first-order valence-electron chi connectivity index (χ1n) is 9.74. The number of sulfonamides is 1. The Hall–Kier alpha value is -2.61. The van der Waals surface area contributed by atoms with E-state index in [4.69, 9.17) is 10.4 Å². The highest BCUT2D eigenvalue weighted by atomic mass is 32.2. The topological polar surface area (TPSA) is 166 Å². The van der Waals surface area contributed by atoms with E-state index in [2.05, 4.69) is 14.9 Å². The van der Waals surface area contributed by atoms with Crippen molar-refractivity contribution in [2.75, 3.05) is 12.3 Å². The van der Waals surface area contributed by atoms with Crippen LogP contribution in [0.15, 0.2) is 24.4 Å². The van der Waals surface area contributed by atoms with Gasteiger partial charge < -0.3 is 15.4 Å². The number of fused-ring (bicyclic) bond motifs is 1. The monoisotopic (exact) mass is 449 g/mol. The summed E-state index contributed by atoms with van der Waals surface area (Å²) in [4.78, 5) is 25.4. The Morgan fingerprint density at radius 1 is 1.42 bits per heavy atom. The standard InChI is InChI=1S/C18H24BN5O6S/c1-12(25)17-4-2-3-13-7-14(19(27)30-18(13)17)8-16(26)11-24-21-9-15(23-24)10-22-31(28,29)6-5-20/h2-4,9,14,22,27H,5-8,10-11,20H2,1H3/t14-/m1/s1. The maximum absolute atomic E-state index is 12.5. The molecule has 2 heterocycles. The van der Waals surface area contributed by atoms with Crippen molar-refractivity contribution in [2.24, 2.45) is 5.73 Å². The fourth-order valence-electron chi connectivity index (χ4n) is 3.35. The molecule has 0 bridgehead atoms. The van der Waals surface area contributed by atoms with Crippen molar-refractivity contribution in [2.45, 2.75) is 38.7 Å². The molecule has 0 aliphatic carbocycles. The third-order valence-corrected chi connectivity index (χ3v) is 6.21. The third kappa shape index (κ3) is 5.97. The minimum Gasteiger partial charge on any atom is -0.535 e. The Balaban J connectivity index is 1.57. The highest BCUT2D eigenvalue weighted by Crippen LogP contribution is 2.36. The van der Waals surface area contributed by atoms with Crippen molar-refractivity contribution in [1.82, 2.24) is 19.7 Å². The molecule has 1 aromatic carbocycles. The van der Waals surface area contributed by atoms with E-state index in [0.717, 1.165) is 5.56 Å². The Bertz CT molecular complexity index is 1070. The summed E-state index contributed by atoms with van der Waals surface area (Å²) in [7, 11) is -4.70. The first-order valence-corrected chi connectivity index (χ1v) is 11.4. The number of ketones is 2. The molecular weight excluding hydrogens is 425 g/mol. The van der Waals surface area contributed by atoms with Crippen molar-refractivity contribution in [3.05, 3.63) is 41.2 Å². The van der Waals surface area contributed by atoms with Crippen LogP contribution in [0.4, 0.5) is 0 Å². The summed E-state index contributed by atoms with van der Waals surface area (Å²) in [6.07, 6.45) is 1.80. The maximum atomic E-state index is 12.5. The smallest absolute Gasteiger partial charge is 0.526 e. The molecule has 31 heavy (non-hydrogen) atoms. The summed E-state index contributed by atoms with van der Waals surface area (Å²) < 4.78 is 31.2. The Kier molecular flexibility index (Phi) is 7.21. The highest BCUT2D eigenvalue weighted by molar-refractivity contribution is 7.89. The van der Waals surface area contributed by atoms with Gasteiger partial charge in [-0.15, -0.1) is 0 Å². The van der Waals surface area contributed by atoms with E-state index in [-0.39, 0.29) is 43.4 Å².